The van der Waals surface area contributed by atoms with Gasteiger partial charge in [-0.2, -0.15) is 5.10 Å². The van der Waals surface area contributed by atoms with Gasteiger partial charge in [0.05, 0.1) is 0 Å². The van der Waals surface area contributed by atoms with Crippen LogP contribution in [-0.2, 0) is 0 Å². The quantitative estimate of drug-likeness (QED) is 0.891. The first-order chi connectivity index (χ1) is 8.99. The maximum atomic E-state index is 11.8. The lowest BCUT2D eigenvalue weighted by molar-refractivity contribution is 0.0821. The highest BCUT2D eigenvalue weighted by Crippen LogP contribution is 2.12. The number of carbonyl (C=O) groups is 1. The molecule has 1 atom stereocenters. The third-order valence-electron chi connectivity index (χ3n) is 2.74. The van der Waals surface area contributed by atoms with Gasteiger partial charge in [-0.1, -0.05) is 0 Å². The average Bonchev–Trinajstić information content (AvgIpc) is 2.87. The van der Waals surface area contributed by atoms with Gasteiger partial charge in [-0.25, -0.2) is 9.67 Å². The lowest BCUT2D eigenvalue weighted by Gasteiger charge is -2.08. The van der Waals surface area contributed by atoms with Crippen molar-refractivity contribution in [2.45, 2.75) is 13.0 Å². The molecule has 1 amide bonds. The molecule has 2 heterocycles. The van der Waals surface area contributed by atoms with Crippen LogP contribution in [0.1, 0.15) is 29.0 Å². The van der Waals surface area contributed by atoms with Crippen LogP contribution >= 0.6 is 0 Å². The molecule has 2 aromatic rings. The summed E-state index contributed by atoms with van der Waals surface area (Å²) in [6, 6.07) is 5.33. The molecule has 6 nitrogen and oxygen atoms in total. The molecular formula is C13H17N5O. The van der Waals surface area contributed by atoms with Gasteiger partial charge in [-0.3, -0.25) is 4.79 Å². The van der Waals surface area contributed by atoms with Crippen molar-refractivity contribution in [3.8, 4) is 5.82 Å². The first kappa shape index (κ1) is 13.2. The van der Waals surface area contributed by atoms with E-state index in [1.807, 2.05) is 19.1 Å². The molecule has 2 rings (SSSR count). The number of pyridine rings is 1. The number of aromatic nitrogens is 3. The second-order valence-electron chi connectivity index (χ2n) is 4.58. The smallest absolute Gasteiger partial charge is 0.273 e. The summed E-state index contributed by atoms with van der Waals surface area (Å²) in [5, 5.41) is 4.22. The Hall–Kier alpha value is -2.21. The van der Waals surface area contributed by atoms with Crippen molar-refractivity contribution in [1.82, 2.24) is 19.7 Å². The predicted octanol–water partition coefficient (Wildman–Crippen LogP) is 0.989. The first-order valence-electron chi connectivity index (χ1n) is 5.98. The zero-order valence-corrected chi connectivity index (χ0v) is 11.2. The number of hydrogen-bond donors (Lipinski definition) is 1. The van der Waals surface area contributed by atoms with Crippen LogP contribution in [0.15, 0.2) is 30.6 Å². The summed E-state index contributed by atoms with van der Waals surface area (Å²) in [4.78, 5) is 17.5. The lowest BCUT2D eigenvalue weighted by Crippen LogP contribution is -2.22. The van der Waals surface area contributed by atoms with E-state index in [9.17, 15) is 4.79 Å². The monoisotopic (exact) mass is 259 g/mol. The fourth-order valence-corrected chi connectivity index (χ4v) is 1.64. The van der Waals surface area contributed by atoms with Crippen molar-refractivity contribution < 1.29 is 4.79 Å². The van der Waals surface area contributed by atoms with Crippen LogP contribution in [0.25, 0.3) is 5.82 Å². The van der Waals surface area contributed by atoms with E-state index < -0.39 is 0 Å². The maximum absolute atomic E-state index is 11.8. The number of hydrogen-bond acceptors (Lipinski definition) is 4. The second-order valence-corrected chi connectivity index (χ2v) is 4.58. The number of rotatable bonds is 3. The summed E-state index contributed by atoms with van der Waals surface area (Å²) < 4.78 is 1.57. The fourth-order valence-electron chi connectivity index (χ4n) is 1.64. The van der Waals surface area contributed by atoms with Crippen LogP contribution in [0.5, 0.6) is 0 Å². The van der Waals surface area contributed by atoms with Crippen molar-refractivity contribution in [2.75, 3.05) is 14.1 Å². The standard InChI is InChI=1S/C13H17N5O/c1-9(14)10-4-6-15-12(8-10)18-7-5-11(16-18)13(19)17(2)3/h4-9H,14H2,1-3H3/t9-/m1/s1. The van der Waals surface area contributed by atoms with E-state index in [0.29, 0.717) is 11.5 Å². The van der Waals surface area contributed by atoms with E-state index in [1.165, 1.54) is 4.90 Å². The SMILES string of the molecule is C[C@@H](N)c1ccnc(-n2ccc(C(=O)N(C)C)n2)c1. The molecule has 0 saturated heterocycles. The summed E-state index contributed by atoms with van der Waals surface area (Å²) in [6.45, 7) is 1.91. The van der Waals surface area contributed by atoms with E-state index >= 15 is 0 Å². The number of nitrogens with two attached hydrogens (primary N) is 1. The Bertz CT molecular complexity index is 588. The van der Waals surface area contributed by atoms with Gasteiger partial charge in [0.15, 0.2) is 11.5 Å². The maximum Gasteiger partial charge on any atom is 0.273 e. The molecule has 0 aliphatic carbocycles. The van der Waals surface area contributed by atoms with Crippen LogP contribution < -0.4 is 5.73 Å². The molecule has 0 aliphatic heterocycles. The Morgan fingerprint density at radius 3 is 2.79 bits per heavy atom. The predicted molar refractivity (Wildman–Crippen MR) is 72.0 cm³/mol. The molecule has 0 spiro atoms. The molecule has 6 heteroatoms. The van der Waals surface area contributed by atoms with E-state index in [4.69, 9.17) is 5.73 Å². The summed E-state index contributed by atoms with van der Waals surface area (Å²) in [7, 11) is 3.38. The largest absolute Gasteiger partial charge is 0.343 e. The van der Waals surface area contributed by atoms with Gasteiger partial charge in [-0.05, 0) is 30.7 Å². The molecule has 2 N–H and O–H groups in total. The van der Waals surface area contributed by atoms with E-state index in [0.717, 1.165) is 5.56 Å². The third kappa shape index (κ3) is 2.79. The van der Waals surface area contributed by atoms with Crippen LogP contribution in [0.2, 0.25) is 0 Å². The Balaban J connectivity index is 2.33. The third-order valence-corrected chi connectivity index (χ3v) is 2.74. The Kier molecular flexibility index (Phi) is 3.62. The molecule has 2 aromatic heterocycles. The molecule has 19 heavy (non-hydrogen) atoms. The highest BCUT2D eigenvalue weighted by molar-refractivity contribution is 5.91. The first-order valence-corrected chi connectivity index (χ1v) is 5.98. The van der Waals surface area contributed by atoms with Gasteiger partial charge in [0.25, 0.3) is 5.91 Å². The molecule has 0 aromatic carbocycles. The van der Waals surface area contributed by atoms with Crippen molar-refractivity contribution >= 4 is 5.91 Å². The highest BCUT2D eigenvalue weighted by atomic mass is 16.2. The number of nitrogens with zero attached hydrogens (tertiary/aromatic N) is 4. The molecule has 0 unspecified atom stereocenters. The normalized spacial score (nSPS) is 12.2. The minimum atomic E-state index is -0.137. The van der Waals surface area contributed by atoms with Crippen molar-refractivity contribution in [1.29, 1.82) is 0 Å². The average molecular weight is 259 g/mol. The summed E-state index contributed by atoms with van der Waals surface area (Å²) >= 11 is 0. The van der Waals surface area contributed by atoms with Gasteiger partial charge in [0.2, 0.25) is 0 Å². The molecule has 0 radical (unpaired) electrons. The number of amides is 1. The van der Waals surface area contributed by atoms with Gasteiger partial charge in [-0.15, -0.1) is 0 Å². The highest BCUT2D eigenvalue weighted by Gasteiger charge is 2.12. The number of carbonyl (C=O) groups excluding carboxylic acids is 1. The molecule has 0 aliphatic rings. The van der Waals surface area contributed by atoms with Crippen LogP contribution in [-0.4, -0.2) is 39.7 Å². The van der Waals surface area contributed by atoms with Crippen molar-refractivity contribution in [3.05, 3.63) is 41.9 Å². The Morgan fingerprint density at radius 1 is 1.42 bits per heavy atom. The van der Waals surface area contributed by atoms with E-state index in [2.05, 4.69) is 10.1 Å². The minimum absolute atomic E-state index is 0.0693. The van der Waals surface area contributed by atoms with Crippen LogP contribution in [0.4, 0.5) is 0 Å². The van der Waals surface area contributed by atoms with Gasteiger partial charge < -0.3 is 10.6 Å². The van der Waals surface area contributed by atoms with E-state index in [-0.39, 0.29) is 11.9 Å². The Labute approximate surface area is 111 Å². The minimum Gasteiger partial charge on any atom is -0.343 e. The fraction of sp³-hybridized carbons (Fsp3) is 0.308. The van der Waals surface area contributed by atoms with Crippen molar-refractivity contribution in [2.24, 2.45) is 5.73 Å². The molecule has 0 saturated carbocycles. The topological polar surface area (TPSA) is 77.0 Å². The summed E-state index contributed by atoms with van der Waals surface area (Å²) in [5.41, 5.74) is 7.20. The zero-order valence-electron chi connectivity index (χ0n) is 11.2. The van der Waals surface area contributed by atoms with E-state index in [1.54, 1.807) is 37.2 Å². The van der Waals surface area contributed by atoms with Crippen LogP contribution in [0.3, 0.4) is 0 Å². The molecule has 0 fully saturated rings. The summed E-state index contributed by atoms with van der Waals surface area (Å²) in [5.74, 6) is 0.509. The molecule has 100 valence electrons. The summed E-state index contributed by atoms with van der Waals surface area (Å²) in [6.07, 6.45) is 3.40. The van der Waals surface area contributed by atoms with Gasteiger partial charge in [0.1, 0.15) is 0 Å². The van der Waals surface area contributed by atoms with Gasteiger partial charge >= 0.3 is 0 Å². The van der Waals surface area contributed by atoms with Crippen LogP contribution in [0, 0.1) is 0 Å². The Morgan fingerprint density at radius 2 is 2.16 bits per heavy atom. The van der Waals surface area contributed by atoms with Crippen molar-refractivity contribution in [3.63, 3.8) is 0 Å². The molecular weight excluding hydrogens is 242 g/mol. The second kappa shape index (κ2) is 5.19. The zero-order chi connectivity index (χ0) is 14.0. The molecule has 0 bridgehead atoms. The lowest BCUT2D eigenvalue weighted by atomic mass is 10.1. The van der Waals surface area contributed by atoms with Gasteiger partial charge in [0, 0.05) is 32.5 Å².